The summed E-state index contributed by atoms with van der Waals surface area (Å²) in [5, 5.41) is 9.72. The second kappa shape index (κ2) is 6.34. The second-order valence-electron chi connectivity index (χ2n) is 3.99. The van der Waals surface area contributed by atoms with Gasteiger partial charge < -0.3 is 9.84 Å². The number of carbonyl (C=O) groups excluding carboxylic acids is 1. The summed E-state index contributed by atoms with van der Waals surface area (Å²) in [5.74, 6) is -0.296. The summed E-state index contributed by atoms with van der Waals surface area (Å²) in [6, 6.07) is 7.51. The topological polar surface area (TPSA) is 59.4 Å². The molecule has 0 amide bonds. The number of hydrogen-bond donors (Lipinski definition) is 1. The van der Waals surface area contributed by atoms with E-state index in [1.54, 1.807) is 6.08 Å². The molecule has 2 rings (SSSR count). The molecule has 0 atom stereocenters. The van der Waals surface area contributed by atoms with Gasteiger partial charge in [-0.05, 0) is 23.8 Å². The maximum atomic E-state index is 12.1. The number of benzene rings is 1. The maximum absolute atomic E-state index is 12.1. The molecule has 0 aliphatic carbocycles. The van der Waals surface area contributed by atoms with Crippen molar-refractivity contribution >= 4 is 27.8 Å². The maximum Gasteiger partial charge on any atom is 0.193 e. The van der Waals surface area contributed by atoms with Gasteiger partial charge in [-0.25, -0.2) is 0 Å². The van der Waals surface area contributed by atoms with E-state index in [0.29, 0.717) is 0 Å². The molecule has 2 aromatic rings. The molecule has 0 unspecified atom stereocenters. The highest BCUT2D eigenvalue weighted by Crippen LogP contribution is 2.26. The highest BCUT2D eigenvalue weighted by molar-refractivity contribution is 9.10. The number of carbonyl (C=O) groups is 1. The lowest BCUT2D eigenvalue weighted by Gasteiger charge is -2.06. The Labute approximate surface area is 124 Å². The van der Waals surface area contributed by atoms with E-state index in [0.717, 1.165) is 10.0 Å². The molecule has 0 bridgehead atoms. The lowest BCUT2D eigenvalue weighted by atomic mass is 10.1. The lowest BCUT2D eigenvalue weighted by Crippen LogP contribution is -2.00. The summed E-state index contributed by atoms with van der Waals surface area (Å²) in [6.07, 6.45) is 5.67. The van der Waals surface area contributed by atoms with Gasteiger partial charge in [0.05, 0.1) is 19.5 Å². The molecule has 0 saturated carbocycles. The van der Waals surface area contributed by atoms with Gasteiger partial charge in [0.15, 0.2) is 11.5 Å². The van der Waals surface area contributed by atoms with Gasteiger partial charge in [-0.15, -0.1) is 0 Å². The summed E-state index contributed by atoms with van der Waals surface area (Å²) in [6.45, 7) is 0. The smallest absolute Gasteiger partial charge is 0.193 e. The van der Waals surface area contributed by atoms with Crippen LogP contribution in [0, 0.1) is 0 Å². The van der Waals surface area contributed by atoms with Crippen molar-refractivity contribution in [1.82, 2.24) is 4.98 Å². The molecule has 0 fully saturated rings. The van der Waals surface area contributed by atoms with Gasteiger partial charge in [0.25, 0.3) is 0 Å². The van der Waals surface area contributed by atoms with Crippen molar-refractivity contribution in [3.05, 3.63) is 58.3 Å². The van der Waals surface area contributed by atoms with Gasteiger partial charge in [-0.3, -0.25) is 9.78 Å². The molecule has 4 nitrogen and oxygen atoms in total. The van der Waals surface area contributed by atoms with Crippen molar-refractivity contribution in [2.45, 2.75) is 0 Å². The molecule has 1 N–H and O–H groups in total. The Balaban J connectivity index is 2.26. The van der Waals surface area contributed by atoms with Crippen molar-refractivity contribution in [3.8, 4) is 11.5 Å². The SMILES string of the molecule is COc1cncc(O)c1C(=O)C=Cc1ccc(Br)cc1. The van der Waals surface area contributed by atoms with E-state index in [1.807, 2.05) is 24.3 Å². The Bertz CT molecular complexity index is 651. The summed E-state index contributed by atoms with van der Waals surface area (Å²) in [4.78, 5) is 15.9. The Kier molecular flexibility index (Phi) is 4.53. The highest BCUT2D eigenvalue weighted by Gasteiger charge is 2.15. The van der Waals surface area contributed by atoms with Gasteiger partial charge in [0.1, 0.15) is 11.3 Å². The van der Waals surface area contributed by atoms with Crippen molar-refractivity contribution in [3.63, 3.8) is 0 Å². The highest BCUT2D eigenvalue weighted by atomic mass is 79.9. The summed E-state index contributed by atoms with van der Waals surface area (Å²) < 4.78 is 6.00. The minimum atomic E-state index is -0.343. The predicted octanol–water partition coefficient (Wildman–Crippen LogP) is 3.45. The third-order valence-corrected chi connectivity index (χ3v) is 3.18. The Hall–Kier alpha value is -2.14. The quantitative estimate of drug-likeness (QED) is 0.687. The fourth-order valence-electron chi connectivity index (χ4n) is 1.66. The molecular weight excluding hydrogens is 322 g/mol. The van der Waals surface area contributed by atoms with E-state index < -0.39 is 0 Å². The molecule has 102 valence electrons. The van der Waals surface area contributed by atoms with Crippen LogP contribution >= 0.6 is 15.9 Å². The normalized spacial score (nSPS) is 10.7. The van der Waals surface area contributed by atoms with Crippen molar-refractivity contribution in [2.24, 2.45) is 0 Å². The molecule has 0 spiro atoms. The number of halogens is 1. The van der Waals surface area contributed by atoms with Crippen molar-refractivity contribution in [1.29, 1.82) is 0 Å². The van der Waals surface area contributed by atoms with Gasteiger partial charge in [-0.1, -0.05) is 34.1 Å². The summed E-state index contributed by atoms with van der Waals surface area (Å²) >= 11 is 3.34. The van der Waals surface area contributed by atoms with Gasteiger partial charge in [0.2, 0.25) is 0 Å². The van der Waals surface area contributed by atoms with Gasteiger partial charge >= 0.3 is 0 Å². The average molecular weight is 334 g/mol. The lowest BCUT2D eigenvalue weighted by molar-refractivity contribution is 0.104. The molecule has 0 aliphatic heterocycles. The number of methoxy groups -OCH3 is 1. The number of ether oxygens (including phenoxy) is 1. The number of allylic oxidation sites excluding steroid dienone is 1. The third kappa shape index (κ3) is 3.24. The first kappa shape index (κ1) is 14.3. The van der Waals surface area contributed by atoms with E-state index in [-0.39, 0.29) is 22.8 Å². The van der Waals surface area contributed by atoms with E-state index in [1.165, 1.54) is 25.6 Å². The zero-order valence-electron chi connectivity index (χ0n) is 10.7. The Morgan fingerprint density at radius 1 is 1.30 bits per heavy atom. The minimum Gasteiger partial charge on any atom is -0.505 e. The second-order valence-corrected chi connectivity index (χ2v) is 4.90. The minimum absolute atomic E-state index is 0.107. The summed E-state index contributed by atoms with van der Waals surface area (Å²) in [5.41, 5.74) is 0.991. The molecule has 0 radical (unpaired) electrons. The zero-order valence-corrected chi connectivity index (χ0v) is 12.3. The van der Waals surface area contributed by atoms with E-state index in [2.05, 4.69) is 20.9 Å². The van der Waals surface area contributed by atoms with Crippen LogP contribution in [-0.4, -0.2) is 23.0 Å². The predicted molar refractivity (Wildman–Crippen MR) is 80.0 cm³/mol. The molecule has 0 aliphatic rings. The van der Waals surface area contributed by atoms with Crippen LogP contribution in [0.3, 0.4) is 0 Å². The first-order valence-electron chi connectivity index (χ1n) is 5.80. The monoisotopic (exact) mass is 333 g/mol. The molecule has 1 heterocycles. The van der Waals surface area contributed by atoms with Crippen LogP contribution in [0.15, 0.2) is 47.2 Å². The van der Waals surface area contributed by atoms with Crippen molar-refractivity contribution < 1.29 is 14.6 Å². The van der Waals surface area contributed by atoms with E-state index in [4.69, 9.17) is 4.74 Å². The van der Waals surface area contributed by atoms with Crippen LogP contribution in [0.25, 0.3) is 6.08 Å². The Morgan fingerprint density at radius 3 is 2.65 bits per heavy atom. The molecule has 0 saturated heterocycles. The van der Waals surface area contributed by atoms with E-state index >= 15 is 0 Å². The van der Waals surface area contributed by atoms with Crippen LogP contribution in [0.4, 0.5) is 0 Å². The number of aromatic hydroxyl groups is 1. The number of rotatable bonds is 4. The third-order valence-electron chi connectivity index (χ3n) is 2.65. The molecule has 1 aromatic carbocycles. The number of aromatic nitrogens is 1. The first-order valence-corrected chi connectivity index (χ1v) is 6.60. The fourth-order valence-corrected chi connectivity index (χ4v) is 1.93. The number of ketones is 1. The van der Waals surface area contributed by atoms with E-state index in [9.17, 15) is 9.90 Å². The molecule has 5 heteroatoms. The number of nitrogens with zero attached hydrogens (tertiary/aromatic N) is 1. The average Bonchev–Trinajstić information content (AvgIpc) is 2.46. The summed E-state index contributed by atoms with van der Waals surface area (Å²) in [7, 11) is 1.42. The number of pyridine rings is 1. The molecular formula is C15H12BrNO3. The standard InChI is InChI=1S/C15H12BrNO3/c1-20-14-9-17-8-13(19)15(14)12(18)7-4-10-2-5-11(16)6-3-10/h2-9,19H,1H3. The molecule has 20 heavy (non-hydrogen) atoms. The largest absolute Gasteiger partial charge is 0.505 e. The zero-order chi connectivity index (χ0) is 14.5. The molecule has 1 aromatic heterocycles. The number of hydrogen-bond acceptors (Lipinski definition) is 4. The first-order chi connectivity index (χ1) is 9.61. The van der Waals surface area contributed by atoms with Crippen LogP contribution < -0.4 is 4.74 Å². The van der Waals surface area contributed by atoms with Crippen LogP contribution in [0.2, 0.25) is 0 Å². The van der Waals surface area contributed by atoms with Crippen LogP contribution in [0.5, 0.6) is 11.5 Å². The van der Waals surface area contributed by atoms with Gasteiger partial charge in [0, 0.05) is 4.47 Å². The Morgan fingerprint density at radius 2 is 2.00 bits per heavy atom. The fraction of sp³-hybridized carbons (Fsp3) is 0.0667. The van der Waals surface area contributed by atoms with Crippen LogP contribution in [-0.2, 0) is 0 Å². The van der Waals surface area contributed by atoms with Crippen molar-refractivity contribution in [2.75, 3.05) is 7.11 Å². The van der Waals surface area contributed by atoms with Gasteiger partial charge in [-0.2, -0.15) is 0 Å². The van der Waals surface area contributed by atoms with Crippen LogP contribution in [0.1, 0.15) is 15.9 Å².